The summed E-state index contributed by atoms with van der Waals surface area (Å²) in [5.74, 6) is 1.86. The number of benzene rings is 1. The molecule has 0 saturated carbocycles. The van der Waals surface area contributed by atoms with Crippen LogP contribution in [-0.4, -0.2) is 89.1 Å². The molecule has 1 aromatic heterocycles. The summed E-state index contributed by atoms with van der Waals surface area (Å²) in [5, 5.41) is 4.50. The number of likely N-dealkylation sites (N-methyl/N-ethyl adjacent to an activating group) is 1. The van der Waals surface area contributed by atoms with Crippen molar-refractivity contribution in [1.29, 1.82) is 0 Å². The van der Waals surface area contributed by atoms with Crippen LogP contribution in [0.1, 0.15) is 37.9 Å². The molecule has 35 heavy (non-hydrogen) atoms. The Balaban J connectivity index is 1.40. The summed E-state index contributed by atoms with van der Waals surface area (Å²) in [6.45, 7) is 6.22. The summed E-state index contributed by atoms with van der Waals surface area (Å²) in [7, 11) is 2.07. The SMILES string of the molecule is CCc1noc(CCC(=O)N2CC[C@H](Oc3cccc(Cl)c3)[C@@H](CC(=O)N3CCN(C)CC3)C2)n1. The monoisotopic (exact) mass is 503 g/mol. The van der Waals surface area contributed by atoms with Gasteiger partial charge in [-0.25, -0.2) is 0 Å². The fourth-order valence-electron chi connectivity index (χ4n) is 4.62. The molecular formula is C25H34ClN5O4. The first kappa shape index (κ1) is 25.4. The van der Waals surface area contributed by atoms with Crippen molar-refractivity contribution in [3.63, 3.8) is 0 Å². The Morgan fingerprint density at radius 1 is 1.14 bits per heavy atom. The highest BCUT2D eigenvalue weighted by Gasteiger charge is 2.35. The second-order valence-electron chi connectivity index (χ2n) is 9.35. The normalized spacial score (nSPS) is 21.2. The number of carbonyl (C=O) groups is 2. The molecule has 2 atom stereocenters. The quantitative estimate of drug-likeness (QED) is 0.546. The minimum absolute atomic E-state index is 0.0273. The number of nitrogens with zero attached hydrogens (tertiary/aromatic N) is 5. The van der Waals surface area contributed by atoms with Crippen LogP contribution in [-0.2, 0) is 22.4 Å². The number of ether oxygens (including phenoxy) is 1. The number of hydrogen-bond acceptors (Lipinski definition) is 7. The molecule has 0 radical (unpaired) electrons. The first-order chi connectivity index (χ1) is 16.9. The van der Waals surface area contributed by atoms with E-state index < -0.39 is 0 Å². The van der Waals surface area contributed by atoms with Gasteiger partial charge in [-0.05, 0) is 25.2 Å². The second kappa shape index (κ2) is 11.9. The number of piperidine rings is 1. The van der Waals surface area contributed by atoms with Gasteiger partial charge in [0.1, 0.15) is 11.9 Å². The van der Waals surface area contributed by atoms with E-state index in [1.807, 2.05) is 28.9 Å². The van der Waals surface area contributed by atoms with Crippen molar-refractivity contribution < 1.29 is 18.8 Å². The van der Waals surface area contributed by atoms with Gasteiger partial charge in [-0.1, -0.05) is 29.7 Å². The second-order valence-corrected chi connectivity index (χ2v) is 9.78. The van der Waals surface area contributed by atoms with Crippen LogP contribution in [0.15, 0.2) is 28.8 Å². The summed E-state index contributed by atoms with van der Waals surface area (Å²) in [6.07, 6.45) is 2.24. The van der Waals surface area contributed by atoms with E-state index in [0.717, 1.165) is 26.2 Å². The van der Waals surface area contributed by atoms with Crippen LogP contribution in [0.4, 0.5) is 0 Å². The first-order valence-corrected chi connectivity index (χ1v) is 12.8. The molecule has 0 spiro atoms. The lowest BCUT2D eigenvalue weighted by atomic mass is 9.90. The molecule has 2 amide bonds. The van der Waals surface area contributed by atoms with Crippen molar-refractivity contribution in [1.82, 2.24) is 24.8 Å². The van der Waals surface area contributed by atoms with E-state index in [1.54, 1.807) is 12.1 Å². The largest absolute Gasteiger partial charge is 0.490 e. The van der Waals surface area contributed by atoms with Crippen molar-refractivity contribution in [3.05, 3.63) is 41.0 Å². The number of halogens is 1. The summed E-state index contributed by atoms with van der Waals surface area (Å²) >= 11 is 6.14. The van der Waals surface area contributed by atoms with Crippen molar-refractivity contribution in [3.8, 4) is 5.75 Å². The maximum absolute atomic E-state index is 13.1. The molecule has 2 aromatic rings. The topological polar surface area (TPSA) is 92.0 Å². The Morgan fingerprint density at radius 3 is 2.66 bits per heavy atom. The average Bonchev–Trinajstić information content (AvgIpc) is 3.32. The van der Waals surface area contributed by atoms with Crippen LogP contribution in [0.5, 0.6) is 5.75 Å². The maximum atomic E-state index is 13.1. The molecule has 0 aliphatic carbocycles. The van der Waals surface area contributed by atoms with Gasteiger partial charge in [0.25, 0.3) is 0 Å². The van der Waals surface area contributed by atoms with Crippen LogP contribution in [0.3, 0.4) is 0 Å². The molecular weight excluding hydrogens is 470 g/mol. The van der Waals surface area contributed by atoms with E-state index in [-0.39, 0.29) is 23.8 Å². The maximum Gasteiger partial charge on any atom is 0.227 e. The minimum Gasteiger partial charge on any atom is -0.490 e. The molecule has 2 fully saturated rings. The molecule has 0 unspecified atom stereocenters. The van der Waals surface area contributed by atoms with Gasteiger partial charge in [-0.2, -0.15) is 4.98 Å². The lowest BCUT2D eigenvalue weighted by Crippen LogP contribution is -2.51. The highest BCUT2D eigenvalue weighted by atomic mass is 35.5. The Hall–Kier alpha value is -2.65. The van der Waals surface area contributed by atoms with Gasteiger partial charge in [0.15, 0.2) is 5.82 Å². The third kappa shape index (κ3) is 6.95. The Bertz CT molecular complexity index is 1010. The predicted octanol–water partition coefficient (Wildman–Crippen LogP) is 2.68. The number of likely N-dealkylation sites (tertiary alicyclic amines) is 1. The number of amides is 2. The zero-order chi connectivity index (χ0) is 24.8. The average molecular weight is 504 g/mol. The highest BCUT2D eigenvalue weighted by molar-refractivity contribution is 6.30. The smallest absolute Gasteiger partial charge is 0.227 e. The fourth-order valence-corrected chi connectivity index (χ4v) is 4.80. The van der Waals surface area contributed by atoms with Crippen molar-refractivity contribution in [2.24, 2.45) is 5.92 Å². The molecule has 10 heteroatoms. The Morgan fingerprint density at radius 2 is 1.94 bits per heavy atom. The third-order valence-corrected chi connectivity index (χ3v) is 7.01. The summed E-state index contributed by atoms with van der Waals surface area (Å²) in [6, 6.07) is 7.31. The molecule has 0 bridgehead atoms. The van der Waals surface area contributed by atoms with E-state index in [0.29, 0.717) is 67.7 Å². The number of hydrogen-bond donors (Lipinski definition) is 0. The van der Waals surface area contributed by atoms with E-state index in [9.17, 15) is 9.59 Å². The van der Waals surface area contributed by atoms with Gasteiger partial charge in [0.2, 0.25) is 17.7 Å². The molecule has 2 saturated heterocycles. The predicted molar refractivity (Wildman–Crippen MR) is 131 cm³/mol. The Labute approximate surface area is 211 Å². The highest BCUT2D eigenvalue weighted by Crippen LogP contribution is 2.28. The van der Waals surface area contributed by atoms with Crippen molar-refractivity contribution >= 4 is 23.4 Å². The van der Waals surface area contributed by atoms with E-state index in [2.05, 4.69) is 22.1 Å². The number of piperazine rings is 1. The lowest BCUT2D eigenvalue weighted by Gasteiger charge is -2.40. The molecule has 0 N–H and O–H groups in total. The third-order valence-electron chi connectivity index (χ3n) is 6.77. The lowest BCUT2D eigenvalue weighted by molar-refractivity contribution is -0.140. The van der Waals surface area contributed by atoms with E-state index in [1.165, 1.54) is 0 Å². The van der Waals surface area contributed by atoms with Crippen LogP contribution in [0.25, 0.3) is 0 Å². The molecule has 9 nitrogen and oxygen atoms in total. The van der Waals surface area contributed by atoms with Gasteiger partial charge in [-0.3, -0.25) is 9.59 Å². The number of carbonyl (C=O) groups excluding carboxylic acids is 2. The number of aryl methyl sites for hydroxylation is 2. The molecule has 2 aliphatic heterocycles. The minimum atomic E-state index is -0.169. The van der Waals surface area contributed by atoms with E-state index >= 15 is 0 Å². The van der Waals surface area contributed by atoms with Gasteiger partial charge >= 0.3 is 0 Å². The van der Waals surface area contributed by atoms with Gasteiger partial charge < -0.3 is 24.0 Å². The molecule has 1 aromatic carbocycles. The first-order valence-electron chi connectivity index (χ1n) is 12.4. The number of aromatic nitrogens is 2. The van der Waals surface area contributed by atoms with Gasteiger partial charge in [0.05, 0.1) is 0 Å². The zero-order valence-electron chi connectivity index (χ0n) is 20.5. The number of rotatable bonds is 8. The summed E-state index contributed by atoms with van der Waals surface area (Å²) in [5.41, 5.74) is 0. The molecule has 4 rings (SSSR count). The molecule has 3 heterocycles. The zero-order valence-corrected chi connectivity index (χ0v) is 21.2. The molecule has 2 aliphatic rings. The summed E-state index contributed by atoms with van der Waals surface area (Å²) < 4.78 is 11.5. The van der Waals surface area contributed by atoms with Crippen LogP contribution < -0.4 is 4.74 Å². The summed E-state index contributed by atoms with van der Waals surface area (Å²) in [4.78, 5) is 36.4. The Kier molecular flexibility index (Phi) is 8.62. The van der Waals surface area contributed by atoms with E-state index in [4.69, 9.17) is 20.9 Å². The van der Waals surface area contributed by atoms with Gasteiger partial charge in [0, 0.05) is 82.3 Å². The molecule has 190 valence electrons. The van der Waals surface area contributed by atoms with Crippen LogP contribution >= 0.6 is 11.6 Å². The fraction of sp³-hybridized carbons (Fsp3) is 0.600. The van der Waals surface area contributed by atoms with Gasteiger partial charge in [-0.15, -0.1) is 0 Å². The van der Waals surface area contributed by atoms with Crippen molar-refractivity contribution in [2.75, 3.05) is 46.3 Å². The van der Waals surface area contributed by atoms with Crippen LogP contribution in [0.2, 0.25) is 5.02 Å². The standard InChI is InChI=1S/C25H34ClN5O4/c1-3-22-27-23(35-28-22)7-8-24(32)31-10-9-21(34-20-6-4-5-19(26)16-20)18(17-31)15-25(33)30-13-11-29(2)12-14-30/h4-6,16,18,21H,3,7-15,17H2,1-2H3/t18-,21-/m0/s1. The van der Waals surface area contributed by atoms with Crippen LogP contribution in [0, 0.1) is 5.92 Å². The van der Waals surface area contributed by atoms with Crippen molar-refractivity contribution in [2.45, 2.75) is 45.1 Å².